The fourth-order valence-electron chi connectivity index (χ4n) is 7.92. The molecule has 16 heteroatoms. The van der Waals surface area contributed by atoms with E-state index >= 15 is 0 Å². The average Bonchev–Trinajstić information content (AvgIpc) is 3.56. The number of thiazole rings is 1. The lowest BCUT2D eigenvalue weighted by molar-refractivity contribution is -0.146. The third-order valence-electron chi connectivity index (χ3n) is 11.2. The van der Waals surface area contributed by atoms with Gasteiger partial charge in [0.1, 0.15) is 47.0 Å². The second-order valence-electron chi connectivity index (χ2n) is 18.2. The number of aliphatic carboxylic acids is 1. The molecule has 3 heterocycles. The van der Waals surface area contributed by atoms with Crippen molar-refractivity contribution in [2.75, 3.05) is 19.0 Å². The summed E-state index contributed by atoms with van der Waals surface area (Å²) in [5.74, 6) is -1.99. The largest absolute Gasteiger partial charge is 0.496 e. The standard InChI is InChI=1S/C43H56N6O9S/c1-10-24-19-43(24,38(53)54)48-36(51)30-17-26(21-49(30)37(52)35(42(6,7)8)47-40(55)58-25-13-11-12-14-25)57-32-18-28(44-34-23(2)31(56-9)16-15-27(32)34)29-22-59-39(45-29)46-33(50)20-41(3,4)5/h10,15-16,18,22,24-26,30,35H,1,11-14,17,19-21H2,2-9H3,(H,47,55)(H,48,51)(H,53,54)(H,45,46,50)/t24-,26?,30+,35-,43-/m1/s1. The SMILES string of the molecule is C=C[C@@H]1C[C@]1(NC(=O)[C@@H]1CC(Oc2cc(-c3csc(NC(=O)CC(C)(C)C)n3)nc3c(C)c(OC)ccc23)CN1C(=O)[C@@H](NC(=O)OC1CCCC1)C(C)(C)C)C(=O)O. The normalized spacial score (nSPS) is 22.4. The molecule has 59 heavy (non-hydrogen) atoms. The Hall–Kier alpha value is -5.25. The molecule has 5 atom stereocenters. The number of carbonyl (C=O) groups is 5. The number of hydrogen-bond acceptors (Lipinski definition) is 11. The van der Waals surface area contributed by atoms with Gasteiger partial charge in [0, 0.05) is 41.2 Å². The minimum absolute atomic E-state index is 0.0182. The summed E-state index contributed by atoms with van der Waals surface area (Å²) in [5, 5.41) is 21.4. The molecule has 3 aliphatic rings. The van der Waals surface area contributed by atoms with E-state index < -0.39 is 58.9 Å². The molecule has 1 unspecified atom stereocenters. The molecule has 0 spiro atoms. The van der Waals surface area contributed by atoms with Gasteiger partial charge in [-0.2, -0.15) is 0 Å². The van der Waals surface area contributed by atoms with Crippen LogP contribution in [0.4, 0.5) is 9.93 Å². The van der Waals surface area contributed by atoms with E-state index in [0.717, 1.165) is 31.2 Å². The Morgan fingerprint density at radius 2 is 1.76 bits per heavy atom. The highest BCUT2D eigenvalue weighted by Gasteiger charge is 2.61. The van der Waals surface area contributed by atoms with Gasteiger partial charge in [0.05, 0.1) is 24.9 Å². The number of methoxy groups -OCH3 is 1. The Balaban J connectivity index is 1.33. The monoisotopic (exact) mass is 832 g/mol. The van der Waals surface area contributed by atoms with Crippen LogP contribution in [0.1, 0.15) is 92.1 Å². The van der Waals surface area contributed by atoms with E-state index in [1.54, 1.807) is 24.6 Å². The third kappa shape index (κ3) is 9.63. The zero-order valence-electron chi connectivity index (χ0n) is 35.1. The molecule has 2 aromatic heterocycles. The number of aromatic nitrogens is 2. The lowest BCUT2D eigenvalue weighted by atomic mass is 9.85. The van der Waals surface area contributed by atoms with E-state index in [0.29, 0.717) is 45.3 Å². The minimum Gasteiger partial charge on any atom is -0.496 e. The lowest BCUT2D eigenvalue weighted by Crippen LogP contribution is -2.59. The van der Waals surface area contributed by atoms with Gasteiger partial charge in [-0.3, -0.25) is 14.4 Å². The molecule has 1 aromatic carbocycles. The number of alkyl carbamates (subject to hydrolysis) is 1. The number of ether oxygens (including phenoxy) is 3. The molecule has 0 radical (unpaired) electrons. The second-order valence-corrected chi connectivity index (χ2v) is 19.0. The molecule has 318 valence electrons. The number of nitrogens with zero attached hydrogens (tertiary/aromatic N) is 3. The van der Waals surface area contributed by atoms with Gasteiger partial charge in [-0.25, -0.2) is 19.6 Å². The summed E-state index contributed by atoms with van der Waals surface area (Å²) in [7, 11) is 1.57. The van der Waals surface area contributed by atoms with Crippen LogP contribution < -0.4 is 25.4 Å². The number of nitrogens with one attached hydrogen (secondary N) is 3. The van der Waals surface area contributed by atoms with Crippen LogP contribution in [0.15, 0.2) is 36.2 Å². The highest BCUT2D eigenvalue weighted by Crippen LogP contribution is 2.45. The van der Waals surface area contributed by atoms with E-state index in [-0.39, 0.29) is 36.8 Å². The quantitative estimate of drug-likeness (QED) is 0.135. The van der Waals surface area contributed by atoms with E-state index in [1.165, 1.54) is 22.3 Å². The lowest BCUT2D eigenvalue weighted by Gasteiger charge is -2.35. The van der Waals surface area contributed by atoms with E-state index in [9.17, 15) is 29.1 Å². The predicted octanol–water partition coefficient (Wildman–Crippen LogP) is 6.63. The predicted molar refractivity (Wildman–Crippen MR) is 223 cm³/mol. The van der Waals surface area contributed by atoms with Gasteiger partial charge in [0.15, 0.2) is 5.13 Å². The molecular weight excluding hydrogens is 777 g/mol. The van der Waals surface area contributed by atoms with E-state index in [1.807, 2.05) is 54.5 Å². The van der Waals surface area contributed by atoms with Gasteiger partial charge in [0.25, 0.3) is 0 Å². The molecule has 2 aliphatic carbocycles. The van der Waals surface area contributed by atoms with Gasteiger partial charge >= 0.3 is 12.1 Å². The van der Waals surface area contributed by atoms with Crippen molar-refractivity contribution >= 4 is 57.2 Å². The van der Waals surface area contributed by atoms with Crippen LogP contribution in [-0.2, 0) is 23.9 Å². The summed E-state index contributed by atoms with van der Waals surface area (Å²) in [4.78, 5) is 78.1. The van der Waals surface area contributed by atoms with E-state index in [2.05, 4.69) is 27.5 Å². The minimum atomic E-state index is -1.54. The molecule has 3 fully saturated rings. The Morgan fingerprint density at radius 3 is 2.37 bits per heavy atom. The van der Waals surface area contributed by atoms with Gasteiger partial charge in [-0.15, -0.1) is 17.9 Å². The summed E-state index contributed by atoms with van der Waals surface area (Å²) in [6.45, 7) is 16.9. The first-order chi connectivity index (χ1) is 27.7. The number of pyridine rings is 1. The number of carboxylic acids is 1. The first-order valence-corrected chi connectivity index (χ1v) is 21.0. The number of fused-ring (bicyclic) bond motifs is 1. The summed E-state index contributed by atoms with van der Waals surface area (Å²) in [5.41, 5.74) is -0.263. The smallest absolute Gasteiger partial charge is 0.408 e. The molecule has 3 aromatic rings. The molecule has 4 N–H and O–H groups in total. The van der Waals surface area contributed by atoms with Crippen molar-refractivity contribution in [1.82, 2.24) is 25.5 Å². The van der Waals surface area contributed by atoms with Crippen molar-refractivity contribution in [2.45, 2.75) is 123 Å². The molecule has 0 bridgehead atoms. The van der Waals surface area contributed by atoms with Crippen molar-refractivity contribution in [3.05, 3.63) is 41.8 Å². The van der Waals surface area contributed by atoms with Gasteiger partial charge < -0.3 is 40.2 Å². The molecule has 2 saturated carbocycles. The van der Waals surface area contributed by atoms with Crippen LogP contribution in [0.5, 0.6) is 11.5 Å². The maximum absolute atomic E-state index is 14.7. The van der Waals surface area contributed by atoms with Crippen molar-refractivity contribution in [3.63, 3.8) is 0 Å². The zero-order valence-corrected chi connectivity index (χ0v) is 35.9. The highest BCUT2D eigenvalue weighted by molar-refractivity contribution is 7.14. The summed E-state index contributed by atoms with van der Waals surface area (Å²) < 4.78 is 18.0. The fourth-order valence-corrected chi connectivity index (χ4v) is 8.64. The van der Waals surface area contributed by atoms with Crippen molar-refractivity contribution < 1.29 is 43.3 Å². The number of hydrogen-bond donors (Lipinski definition) is 4. The van der Waals surface area contributed by atoms with Crippen molar-refractivity contribution in [2.24, 2.45) is 16.7 Å². The highest BCUT2D eigenvalue weighted by atomic mass is 32.1. The summed E-state index contributed by atoms with van der Waals surface area (Å²) >= 11 is 1.27. The summed E-state index contributed by atoms with van der Waals surface area (Å²) in [6.07, 6.45) is 3.73. The Labute approximate surface area is 348 Å². The molecule has 6 rings (SSSR count). The first-order valence-electron chi connectivity index (χ1n) is 20.1. The topological polar surface area (TPSA) is 198 Å². The van der Waals surface area contributed by atoms with Crippen molar-refractivity contribution in [3.8, 4) is 22.9 Å². The molecule has 1 aliphatic heterocycles. The molecule has 15 nitrogen and oxygen atoms in total. The maximum atomic E-state index is 14.7. The molecular formula is C43H56N6O9S. The van der Waals surface area contributed by atoms with Gasteiger partial charge in [-0.05, 0) is 62.0 Å². The van der Waals surface area contributed by atoms with Gasteiger partial charge in [-0.1, -0.05) is 47.6 Å². The fraction of sp³-hybridized carbons (Fsp3) is 0.558. The molecule has 4 amide bonds. The number of anilines is 1. The maximum Gasteiger partial charge on any atom is 0.408 e. The number of carboxylic acid groups (broad SMARTS) is 1. The third-order valence-corrected chi connectivity index (χ3v) is 11.9. The molecule has 1 saturated heterocycles. The van der Waals surface area contributed by atoms with Crippen LogP contribution in [0.2, 0.25) is 0 Å². The van der Waals surface area contributed by atoms with Crippen molar-refractivity contribution in [1.29, 1.82) is 0 Å². The number of carbonyl (C=O) groups excluding carboxylic acids is 4. The van der Waals surface area contributed by atoms with Crippen LogP contribution in [0.3, 0.4) is 0 Å². The Bertz CT molecular complexity index is 2130. The Kier molecular flexibility index (Phi) is 12.3. The second kappa shape index (κ2) is 16.8. The van der Waals surface area contributed by atoms with E-state index in [4.69, 9.17) is 19.2 Å². The number of amides is 4. The van der Waals surface area contributed by atoms with Gasteiger partial charge in [0.2, 0.25) is 17.7 Å². The zero-order chi connectivity index (χ0) is 43.0. The Morgan fingerprint density at radius 1 is 1.05 bits per heavy atom. The van der Waals surface area contributed by atoms with Crippen LogP contribution >= 0.6 is 11.3 Å². The van der Waals surface area contributed by atoms with Crippen LogP contribution in [-0.4, -0.2) is 93.2 Å². The van der Waals surface area contributed by atoms with Crippen LogP contribution in [0, 0.1) is 23.7 Å². The average molecular weight is 833 g/mol. The number of likely N-dealkylation sites (tertiary alicyclic amines) is 1. The number of benzene rings is 1. The van der Waals surface area contributed by atoms with Crippen LogP contribution in [0.25, 0.3) is 22.3 Å². The summed E-state index contributed by atoms with van der Waals surface area (Å²) in [6, 6.07) is 3.13. The number of rotatable bonds is 13. The number of aryl methyl sites for hydroxylation is 1. The first kappa shape index (κ1) is 43.3.